The molecule has 2 heteroatoms. The van der Waals surface area contributed by atoms with E-state index in [9.17, 15) is 0 Å². The molecule has 58 valence electrons. The Labute approximate surface area is 63.0 Å². The van der Waals surface area contributed by atoms with E-state index in [1.54, 1.807) is 7.05 Å². The van der Waals surface area contributed by atoms with Gasteiger partial charge in [-0.1, -0.05) is 12.5 Å². The van der Waals surface area contributed by atoms with Gasteiger partial charge < -0.3 is 5.32 Å². The molecule has 0 aromatic rings. The van der Waals surface area contributed by atoms with Crippen molar-refractivity contribution in [3.8, 4) is 0 Å². The van der Waals surface area contributed by atoms with E-state index in [2.05, 4.69) is 24.2 Å². The highest BCUT2D eigenvalue weighted by molar-refractivity contribution is 5.80. The summed E-state index contributed by atoms with van der Waals surface area (Å²) in [5, 5.41) is 3.07. The Morgan fingerprint density at radius 2 is 2.10 bits per heavy atom. The molecule has 2 nitrogen and oxygen atoms in total. The summed E-state index contributed by atoms with van der Waals surface area (Å²) < 4.78 is 0. The fourth-order valence-electron chi connectivity index (χ4n) is 0.394. The molecule has 0 aliphatic carbocycles. The van der Waals surface area contributed by atoms with Crippen LogP contribution in [0.15, 0.2) is 16.8 Å². The van der Waals surface area contributed by atoms with E-state index < -0.39 is 0 Å². The van der Waals surface area contributed by atoms with Crippen molar-refractivity contribution in [1.29, 1.82) is 0 Å². The van der Waals surface area contributed by atoms with Gasteiger partial charge in [0.15, 0.2) is 0 Å². The minimum atomic E-state index is 0.952. The van der Waals surface area contributed by atoms with Crippen LogP contribution in [0.5, 0.6) is 0 Å². The molecular weight excluding hydrogens is 124 g/mol. The lowest BCUT2D eigenvalue weighted by atomic mass is 10.3. The van der Waals surface area contributed by atoms with Crippen molar-refractivity contribution in [2.75, 3.05) is 7.05 Å². The van der Waals surface area contributed by atoms with E-state index in [4.69, 9.17) is 0 Å². The molecule has 0 bridgehead atoms. The lowest BCUT2D eigenvalue weighted by Crippen LogP contribution is -2.12. The number of aliphatic imine (C=N–C) groups is 1. The number of allylic oxidation sites excluding steroid dienone is 1. The first-order valence-corrected chi connectivity index (χ1v) is 3.56. The second-order valence-corrected chi connectivity index (χ2v) is 2.30. The summed E-state index contributed by atoms with van der Waals surface area (Å²) in [6, 6.07) is 0. The van der Waals surface area contributed by atoms with Gasteiger partial charge in [-0.2, -0.15) is 0 Å². The summed E-state index contributed by atoms with van der Waals surface area (Å²) in [4.78, 5) is 3.96. The van der Waals surface area contributed by atoms with Crippen molar-refractivity contribution in [1.82, 2.24) is 5.32 Å². The van der Waals surface area contributed by atoms with Gasteiger partial charge >= 0.3 is 0 Å². The summed E-state index contributed by atoms with van der Waals surface area (Å²) in [6.07, 6.45) is 3.08. The number of nitrogens with one attached hydrogen (secondary N) is 1. The first-order chi connectivity index (χ1) is 4.70. The monoisotopic (exact) mass is 140 g/mol. The minimum absolute atomic E-state index is 0.952. The quantitative estimate of drug-likeness (QED) is 0.460. The Morgan fingerprint density at radius 3 is 2.50 bits per heavy atom. The van der Waals surface area contributed by atoms with Crippen LogP contribution < -0.4 is 5.32 Å². The van der Waals surface area contributed by atoms with E-state index in [0.29, 0.717) is 0 Å². The molecule has 0 heterocycles. The van der Waals surface area contributed by atoms with Gasteiger partial charge in [-0.25, -0.2) is 0 Å². The van der Waals surface area contributed by atoms with Crippen LogP contribution in [-0.2, 0) is 0 Å². The third-order valence-corrected chi connectivity index (χ3v) is 1.42. The second kappa shape index (κ2) is 5.03. The van der Waals surface area contributed by atoms with E-state index in [-0.39, 0.29) is 0 Å². The average molecular weight is 140 g/mol. The lowest BCUT2D eigenvalue weighted by Gasteiger charge is -1.98. The molecule has 0 saturated carbocycles. The third kappa shape index (κ3) is 4.13. The molecule has 1 N–H and O–H groups in total. The normalized spacial score (nSPS) is 13.6. The van der Waals surface area contributed by atoms with Gasteiger partial charge in [-0.05, 0) is 20.3 Å². The van der Waals surface area contributed by atoms with Crippen LogP contribution in [-0.4, -0.2) is 12.9 Å². The van der Waals surface area contributed by atoms with Gasteiger partial charge in [0, 0.05) is 13.2 Å². The molecule has 0 rings (SSSR count). The third-order valence-electron chi connectivity index (χ3n) is 1.42. The smallest absolute Gasteiger partial charge is 0.0967 e. The summed E-state index contributed by atoms with van der Waals surface area (Å²) in [6.45, 7) is 6.17. The fraction of sp³-hybridized carbons (Fsp3) is 0.625. The molecule has 10 heavy (non-hydrogen) atoms. The number of hydrogen-bond donors (Lipinski definition) is 1. The van der Waals surface area contributed by atoms with Crippen molar-refractivity contribution in [2.45, 2.75) is 27.2 Å². The van der Waals surface area contributed by atoms with Crippen LogP contribution in [0.2, 0.25) is 0 Å². The minimum Gasteiger partial charge on any atom is -0.351 e. The summed E-state index contributed by atoms with van der Waals surface area (Å²) in [5.74, 6) is 0.952. The van der Waals surface area contributed by atoms with Gasteiger partial charge in [0.1, 0.15) is 0 Å². The lowest BCUT2D eigenvalue weighted by molar-refractivity contribution is 1.05. The van der Waals surface area contributed by atoms with Crippen LogP contribution in [0.25, 0.3) is 0 Å². The van der Waals surface area contributed by atoms with Crippen LogP contribution in [0.1, 0.15) is 27.2 Å². The van der Waals surface area contributed by atoms with Crippen LogP contribution in [0, 0.1) is 0 Å². The molecule has 0 radical (unpaired) electrons. The summed E-state index contributed by atoms with van der Waals surface area (Å²) in [5.41, 5.74) is 1.34. The van der Waals surface area contributed by atoms with Crippen LogP contribution >= 0.6 is 0 Å². The molecule has 0 saturated heterocycles. The van der Waals surface area contributed by atoms with Gasteiger partial charge in [0.25, 0.3) is 0 Å². The molecule has 0 aliphatic rings. The molecule has 0 aromatic heterocycles. The number of rotatable bonds is 2. The maximum absolute atomic E-state index is 3.96. The Morgan fingerprint density at radius 1 is 1.50 bits per heavy atom. The molecule has 0 aromatic carbocycles. The highest BCUT2D eigenvalue weighted by atomic mass is 14.9. The van der Waals surface area contributed by atoms with Crippen molar-refractivity contribution < 1.29 is 0 Å². The van der Waals surface area contributed by atoms with Crippen molar-refractivity contribution in [3.05, 3.63) is 11.8 Å². The zero-order chi connectivity index (χ0) is 7.98. The van der Waals surface area contributed by atoms with Crippen molar-refractivity contribution in [3.63, 3.8) is 0 Å². The molecule has 0 spiro atoms. The van der Waals surface area contributed by atoms with E-state index in [1.807, 2.05) is 13.1 Å². The molecule has 0 atom stereocenters. The van der Waals surface area contributed by atoms with E-state index >= 15 is 0 Å². The SMILES string of the molecule is CC/C(C)=C\NC(C)=NC. The number of amidine groups is 1. The van der Waals surface area contributed by atoms with E-state index in [1.165, 1.54) is 5.57 Å². The fourth-order valence-corrected chi connectivity index (χ4v) is 0.394. The van der Waals surface area contributed by atoms with E-state index in [0.717, 1.165) is 12.3 Å². The molecule has 0 amide bonds. The first kappa shape index (κ1) is 9.21. The zero-order valence-corrected chi connectivity index (χ0v) is 7.23. The highest BCUT2D eigenvalue weighted by Gasteiger charge is 1.83. The number of nitrogens with zero attached hydrogens (tertiary/aromatic N) is 1. The second-order valence-electron chi connectivity index (χ2n) is 2.30. The van der Waals surface area contributed by atoms with Crippen LogP contribution in [0.4, 0.5) is 0 Å². The molecule has 0 aliphatic heterocycles. The Hall–Kier alpha value is -0.790. The molecule has 0 fully saturated rings. The largest absolute Gasteiger partial charge is 0.351 e. The molecular formula is C8H16N2. The molecule has 0 unspecified atom stereocenters. The zero-order valence-electron chi connectivity index (χ0n) is 7.23. The highest BCUT2D eigenvalue weighted by Crippen LogP contribution is 1.94. The van der Waals surface area contributed by atoms with Gasteiger partial charge in [0.05, 0.1) is 5.84 Å². The number of hydrogen-bond acceptors (Lipinski definition) is 1. The van der Waals surface area contributed by atoms with Crippen molar-refractivity contribution in [2.24, 2.45) is 4.99 Å². The predicted octanol–water partition coefficient (Wildman–Crippen LogP) is 1.94. The van der Waals surface area contributed by atoms with Gasteiger partial charge in [-0.15, -0.1) is 0 Å². The summed E-state index contributed by atoms with van der Waals surface area (Å²) in [7, 11) is 1.78. The Kier molecular flexibility index (Phi) is 4.63. The topological polar surface area (TPSA) is 24.4 Å². The Balaban J connectivity index is 3.72. The van der Waals surface area contributed by atoms with Crippen LogP contribution in [0.3, 0.4) is 0 Å². The Bertz CT molecular complexity index is 145. The maximum Gasteiger partial charge on any atom is 0.0967 e. The van der Waals surface area contributed by atoms with Crippen molar-refractivity contribution >= 4 is 5.84 Å². The standard InChI is InChI=1S/C8H16N2/c1-5-7(2)6-10-8(3)9-4/h6H,5H2,1-4H3,(H,9,10)/b7-6-. The van der Waals surface area contributed by atoms with Gasteiger partial charge in [-0.3, -0.25) is 4.99 Å². The maximum atomic E-state index is 3.96. The first-order valence-electron chi connectivity index (χ1n) is 3.56. The predicted molar refractivity (Wildman–Crippen MR) is 46.2 cm³/mol. The average Bonchev–Trinajstić information content (AvgIpc) is 1.99. The summed E-state index contributed by atoms with van der Waals surface area (Å²) >= 11 is 0. The van der Waals surface area contributed by atoms with Gasteiger partial charge in [0.2, 0.25) is 0 Å².